The van der Waals surface area contributed by atoms with E-state index < -0.39 is 0 Å². The molecule has 5 nitrogen and oxygen atoms in total. The molecule has 1 aromatic heterocycles. The molecule has 2 amide bonds. The van der Waals surface area contributed by atoms with Crippen LogP contribution in [0.15, 0.2) is 60.0 Å². The molecule has 2 heterocycles. The predicted molar refractivity (Wildman–Crippen MR) is 118 cm³/mol. The average Bonchev–Trinajstić information content (AvgIpc) is 3.22. The molecule has 0 bridgehead atoms. The highest BCUT2D eigenvalue weighted by molar-refractivity contribution is 7.13. The number of rotatable bonds is 5. The number of thiazole rings is 1. The van der Waals surface area contributed by atoms with Crippen LogP contribution in [0.2, 0.25) is 5.02 Å². The van der Waals surface area contributed by atoms with E-state index in [1.807, 2.05) is 59.5 Å². The van der Waals surface area contributed by atoms with Gasteiger partial charge in [-0.15, -0.1) is 11.3 Å². The third-order valence-electron chi connectivity index (χ3n) is 4.97. The Morgan fingerprint density at radius 3 is 2.48 bits per heavy atom. The second-order valence-corrected chi connectivity index (χ2v) is 8.35. The Hall–Kier alpha value is -2.41. The van der Waals surface area contributed by atoms with E-state index in [0.717, 1.165) is 59.6 Å². The predicted octanol–water partition coefficient (Wildman–Crippen LogP) is 4.49. The molecule has 0 saturated carbocycles. The van der Waals surface area contributed by atoms with Crippen LogP contribution < -0.4 is 5.32 Å². The maximum Gasteiger partial charge on any atom is 0.317 e. The third kappa shape index (κ3) is 5.35. The summed E-state index contributed by atoms with van der Waals surface area (Å²) in [7, 11) is 0. The van der Waals surface area contributed by atoms with Gasteiger partial charge in [-0.1, -0.05) is 54.1 Å². The summed E-state index contributed by atoms with van der Waals surface area (Å²) in [5.41, 5.74) is 3.27. The van der Waals surface area contributed by atoms with Gasteiger partial charge in [-0.3, -0.25) is 4.90 Å². The topological polar surface area (TPSA) is 48.5 Å². The molecule has 7 heteroatoms. The zero-order valence-electron chi connectivity index (χ0n) is 16.1. The SMILES string of the molecule is O=C(NCc1ccccc1)N1CCN(Cc2csc(-c3ccc(Cl)cc3)n2)CC1. The molecule has 29 heavy (non-hydrogen) atoms. The van der Waals surface area contributed by atoms with Crippen LogP contribution in [-0.4, -0.2) is 47.0 Å². The van der Waals surface area contributed by atoms with Crippen LogP contribution >= 0.6 is 22.9 Å². The Kier molecular flexibility index (Phi) is 6.44. The van der Waals surface area contributed by atoms with Gasteiger partial charge in [0.2, 0.25) is 0 Å². The molecule has 3 aromatic rings. The van der Waals surface area contributed by atoms with Crippen molar-refractivity contribution >= 4 is 29.0 Å². The summed E-state index contributed by atoms with van der Waals surface area (Å²) in [5.74, 6) is 0. The van der Waals surface area contributed by atoms with Gasteiger partial charge in [-0.05, 0) is 17.7 Å². The van der Waals surface area contributed by atoms with Crippen molar-refractivity contribution in [1.82, 2.24) is 20.1 Å². The number of aromatic nitrogens is 1. The molecule has 0 aliphatic carbocycles. The van der Waals surface area contributed by atoms with Crippen molar-refractivity contribution in [2.75, 3.05) is 26.2 Å². The van der Waals surface area contributed by atoms with Gasteiger partial charge in [0.25, 0.3) is 0 Å². The van der Waals surface area contributed by atoms with Crippen molar-refractivity contribution < 1.29 is 4.79 Å². The van der Waals surface area contributed by atoms with Crippen LogP contribution in [0, 0.1) is 0 Å². The second-order valence-electron chi connectivity index (χ2n) is 7.06. The number of carbonyl (C=O) groups excluding carboxylic acids is 1. The summed E-state index contributed by atoms with van der Waals surface area (Å²) in [6.45, 7) is 4.54. The molecule has 150 valence electrons. The minimum atomic E-state index is 0.00665. The number of halogens is 1. The molecule has 0 atom stereocenters. The lowest BCUT2D eigenvalue weighted by Gasteiger charge is -2.34. The molecular formula is C22H23ClN4OS. The monoisotopic (exact) mass is 426 g/mol. The standard InChI is InChI=1S/C22H23ClN4OS/c23-19-8-6-18(7-9-19)21-25-20(16-29-21)15-26-10-12-27(13-11-26)22(28)24-14-17-4-2-1-3-5-17/h1-9,16H,10-15H2,(H,24,28). The zero-order chi connectivity index (χ0) is 20.1. The first-order chi connectivity index (χ1) is 14.2. The lowest BCUT2D eigenvalue weighted by molar-refractivity contribution is 0.134. The van der Waals surface area contributed by atoms with Crippen LogP contribution in [-0.2, 0) is 13.1 Å². The maximum atomic E-state index is 12.4. The van der Waals surface area contributed by atoms with E-state index in [4.69, 9.17) is 16.6 Å². The molecule has 0 radical (unpaired) electrons. The molecular weight excluding hydrogens is 404 g/mol. The van der Waals surface area contributed by atoms with Crippen LogP contribution in [0.5, 0.6) is 0 Å². The summed E-state index contributed by atoms with van der Waals surface area (Å²) in [6, 6.07) is 17.8. The van der Waals surface area contributed by atoms with Crippen LogP contribution in [0.25, 0.3) is 10.6 Å². The number of piperazine rings is 1. The van der Waals surface area contributed by atoms with Crippen LogP contribution in [0.3, 0.4) is 0 Å². The van der Waals surface area contributed by atoms with E-state index >= 15 is 0 Å². The minimum Gasteiger partial charge on any atom is -0.334 e. The van der Waals surface area contributed by atoms with E-state index in [1.54, 1.807) is 11.3 Å². The Morgan fingerprint density at radius 1 is 1.03 bits per heavy atom. The van der Waals surface area contributed by atoms with Gasteiger partial charge < -0.3 is 10.2 Å². The average molecular weight is 427 g/mol. The summed E-state index contributed by atoms with van der Waals surface area (Å²) in [5, 5.41) is 6.86. The fourth-order valence-corrected chi connectivity index (χ4v) is 4.27. The Labute approximate surface area is 179 Å². The van der Waals surface area contributed by atoms with Gasteiger partial charge in [0.05, 0.1) is 5.69 Å². The molecule has 0 spiro atoms. The second kappa shape index (κ2) is 9.39. The number of amides is 2. The number of benzene rings is 2. The first kappa shape index (κ1) is 19.9. The summed E-state index contributed by atoms with van der Waals surface area (Å²) in [4.78, 5) is 21.4. The lowest BCUT2D eigenvalue weighted by Crippen LogP contribution is -2.51. The number of nitrogens with one attached hydrogen (secondary N) is 1. The highest BCUT2D eigenvalue weighted by atomic mass is 35.5. The van der Waals surface area contributed by atoms with E-state index in [-0.39, 0.29) is 6.03 Å². The number of nitrogens with zero attached hydrogens (tertiary/aromatic N) is 3. The maximum absolute atomic E-state index is 12.4. The first-order valence-electron chi connectivity index (χ1n) is 9.67. The van der Waals surface area contributed by atoms with Gasteiger partial charge in [0.15, 0.2) is 0 Å². The van der Waals surface area contributed by atoms with E-state index in [0.29, 0.717) is 6.54 Å². The molecule has 0 unspecified atom stereocenters. The molecule has 1 aliphatic rings. The van der Waals surface area contributed by atoms with E-state index in [2.05, 4.69) is 15.6 Å². The summed E-state index contributed by atoms with van der Waals surface area (Å²) >= 11 is 7.61. The minimum absolute atomic E-state index is 0.00665. The lowest BCUT2D eigenvalue weighted by atomic mass is 10.2. The third-order valence-corrected chi connectivity index (χ3v) is 6.17. The Bertz CT molecular complexity index is 937. The van der Waals surface area contributed by atoms with Gasteiger partial charge in [0.1, 0.15) is 5.01 Å². The van der Waals surface area contributed by atoms with Crippen molar-refractivity contribution in [1.29, 1.82) is 0 Å². The fraction of sp³-hybridized carbons (Fsp3) is 0.273. The number of urea groups is 1. The summed E-state index contributed by atoms with van der Waals surface area (Å²) in [6.07, 6.45) is 0. The van der Waals surface area contributed by atoms with E-state index in [1.165, 1.54) is 0 Å². The largest absolute Gasteiger partial charge is 0.334 e. The highest BCUT2D eigenvalue weighted by Gasteiger charge is 2.21. The molecule has 2 aromatic carbocycles. The number of hydrogen-bond acceptors (Lipinski definition) is 4. The molecule has 4 rings (SSSR count). The van der Waals surface area contributed by atoms with Crippen molar-refractivity contribution in [3.63, 3.8) is 0 Å². The van der Waals surface area contributed by atoms with Crippen molar-refractivity contribution in [2.45, 2.75) is 13.1 Å². The first-order valence-corrected chi connectivity index (χ1v) is 10.9. The van der Waals surface area contributed by atoms with Crippen LogP contribution in [0.1, 0.15) is 11.3 Å². The van der Waals surface area contributed by atoms with Gasteiger partial charge in [0, 0.05) is 55.2 Å². The quantitative estimate of drug-likeness (QED) is 0.653. The van der Waals surface area contributed by atoms with Gasteiger partial charge >= 0.3 is 6.03 Å². The Balaban J connectivity index is 1.25. The van der Waals surface area contributed by atoms with E-state index in [9.17, 15) is 4.79 Å². The highest BCUT2D eigenvalue weighted by Crippen LogP contribution is 2.25. The number of hydrogen-bond donors (Lipinski definition) is 1. The van der Waals surface area contributed by atoms with Gasteiger partial charge in [-0.2, -0.15) is 0 Å². The molecule has 1 fully saturated rings. The normalized spacial score (nSPS) is 14.7. The Morgan fingerprint density at radius 2 is 1.76 bits per heavy atom. The zero-order valence-corrected chi connectivity index (χ0v) is 17.6. The molecule has 1 saturated heterocycles. The van der Waals surface area contributed by atoms with Crippen molar-refractivity contribution in [3.05, 3.63) is 76.3 Å². The smallest absolute Gasteiger partial charge is 0.317 e. The van der Waals surface area contributed by atoms with Crippen molar-refractivity contribution in [2.24, 2.45) is 0 Å². The molecule has 1 aliphatic heterocycles. The number of carbonyl (C=O) groups is 1. The molecule has 1 N–H and O–H groups in total. The van der Waals surface area contributed by atoms with Crippen molar-refractivity contribution in [3.8, 4) is 10.6 Å². The van der Waals surface area contributed by atoms with Crippen LogP contribution in [0.4, 0.5) is 4.79 Å². The van der Waals surface area contributed by atoms with Gasteiger partial charge in [-0.25, -0.2) is 9.78 Å². The summed E-state index contributed by atoms with van der Waals surface area (Å²) < 4.78 is 0. The fourth-order valence-electron chi connectivity index (χ4n) is 3.33.